The summed E-state index contributed by atoms with van der Waals surface area (Å²) in [4.78, 5) is 29.0. The van der Waals surface area contributed by atoms with Gasteiger partial charge in [-0.3, -0.25) is 14.5 Å². The normalized spacial score (nSPS) is 14.1. The van der Waals surface area contributed by atoms with Crippen LogP contribution in [0.1, 0.15) is 26.3 Å². The highest BCUT2D eigenvalue weighted by molar-refractivity contribution is 6.08. The molecule has 0 saturated carbocycles. The second-order valence-electron chi connectivity index (χ2n) is 4.43. The minimum atomic E-state index is -0.0580. The number of hydrogen-bond donors (Lipinski definition) is 0. The van der Waals surface area contributed by atoms with Gasteiger partial charge in [-0.2, -0.15) is 0 Å². The van der Waals surface area contributed by atoms with E-state index in [1.165, 1.54) is 0 Å². The van der Waals surface area contributed by atoms with Crippen LogP contribution in [0.25, 0.3) is 0 Å². The van der Waals surface area contributed by atoms with Gasteiger partial charge in [-0.1, -0.05) is 12.1 Å². The summed E-state index contributed by atoms with van der Waals surface area (Å²) in [6.07, 6.45) is 3.21. The molecule has 0 N–H and O–H groups in total. The van der Waals surface area contributed by atoms with Crippen LogP contribution < -0.4 is 4.90 Å². The summed E-state index contributed by atoms with van der Waals surface area (Å²) in [5.41, 5.74) is 2.20. The SMILES string of the molecule is O=Cc1ccc2c(c1)CCN(c1ccccn1)C2=O. The summed E-state index contributed by atoms with van der Waals surface area (Å²) in [5, 5.41) is 0. The predicted molar refractivity (Wildman–Crippen MR) is 71.4 cm³/mol. The van der Waals surface area contributed by atoms with Crippen LogP contribution in [0.15, 0.2) is 42.6 Å². The Hall–Kier alpha value is -2.49. The number of anilines is 1. The molecule has 0 bridgehead atoms. The molecule has 1 aliphatic heterocycles. The molecular weight excluding hydrogens is 240 g/mol. The van der Waals surface area contributed by atoms with E-state index in [1.807, 2.05) is 18.2 Å². The lowest BCUT2D eigenvalue weighted by molar-refractivity contribution is 0.0979. The standard InChI is InChI=1S/C15H12N2O2/c18-10-11-4-5-13-12(9-11)6-8-17(15(13)19)14-3-1-2-7-16-14/h1-5,7,9-10H,6,8H2. The number of pyridine rings is 1. The Bertz CT molecular complexity index is 638. The number of rotatable bonds is 2. The number of fused-ring (bicyclic) bond motifs is 1. The van der Waals surface area contributed by atoms with E-state index in [2.05, 4.69) is 4.98 Å². The number of hydrogen-bond acceptors (Lipinski definition) is 3. The van der Waals surface area contributed by atoms with E-state index in [0.29, 0.717) is 23.5 Å². The van der Waals surface area contributed by atoms with E-state index in [4.69, 9.17) is 0 Å². The molecule has 0 atom stereocenters. The molecule has 94 valence electrons. The highest BCUT2D eigenvalue weighted by Gasteiger charge is 2.26. The fraction of sp³-hybridized carbons (Fsp3) is 0.133. The molecule has 1 amide bonds. The molecule has 4 nitrogen and oxygen atoms in total. The molecule has 2 heterocycles. The van der Waals surface area contributed by atoms with Gasteiger partial charge in [-0.15, -0.1) is 0 Å². The van der Waals surface area contributed by atoms with Gasteiger partial charge < -0.3 is 0 Å². The van der Waals surface area contributed by atoms with E-state index >= 15 is 0 Å². The number of nitrogens with zero attached hydrogens (tertiary/aromatic N) is 2. The summed E-state index contributed by atoms with van der Waals surface area (Å²) in [6.45, 7) is 0.588. The Kier molecular flexibility index (Phi) is 2.83. The summed E-state index contributed by atoms with van der Waals surface area (Å²) in [6, 6.07) is 10.7. The molecule has 0 saturated heterocycles. The molecule has 3 rings (SSSR count). The van der Waals surface area contributed by atoms with Crippen molar-refractivity contribution in [3.05, 3.63) is 59.3 Å². The van der Waals surface area contributed by atoms with E-state index in [9.17, 15) is 9.59 Å². The zero-order valence-electron chi connectivity index (χ0n) is 10.2. The molecule has 0 aliphatic carbocycles. The van der Waals surface area contributed by atoms with Crippen molar-refractivity contribution in [2.45, 2.75) is 6.42 Å². The maximum Gasteiger partial charge on any atom is 0.259 e. The molecule has 4 heteroatoms. The average Bonchev–Trinajstić information content (AvgIpc) is 2.48. The molecule has 19 heavy (non-hydrogen) atoms. The van der Waals surface area contributed by atoms with Crippen LogP contribution in [0.2, 0.25) is 0 Å². The number of carbonyl (C=O) groups is 2. The first-order valence-corrected chi connectivity index (χ1v) is 6.10. The number of carbonyl (C=O) groups excluding carboxylic acids is 2. The van der Waals surface area contributed by atoms with Crippen molar-refractivity contribution in [3.8, 4) is 0 Å². The second-order valence-corrected chi connectivity index (χ2v) is 4.43. The van der Waals surface area contributed by atoms with E-state index in [0.717, 1.165) is 18.3 Å². The fourth-order valence-corrected chi connectivity index (χ4v) is 2.31. The summed E-state index contributed by atoms with van der Waals surface area (Å²) in [7, 11) is 0. The average molecular weight is 252 g/mol. The van der Waals surface area contributed by atoms with Crippen molar-refractivity contribution in [2.75, 3.05) is 11.4 Å². The summed E-state index contributed by atoms with van der Waals surface area (Å²) >= 11 is 0. The third-order valence-corrected chi connectivity index (χ3v) is 3.27. The van der Waals surface area contributed by atoms with Crippen molar-refractivity contribution >= 4 is 18.0 Å². The maximum absolute atomic E-state index is 12.4. The monoisotopic (exact) mass is 252 g/mol. The van der Waals surface area contributed by atoms with E-state index in [1.54, 1.807) is 29.3 Å². The number of aromatic nitrogens is 1. The largest absolute Gasteiger partial charge is 0.298 e. The fourth-order valence-electron chi connectivity index (χ4n) is 2.31. The zero-order valence-corrected chi connectivity index (χ0v) is 10.2. The highest BCUT2D eigenvalue weighted by Crippen LogP contribution is 2.23. The molecule has 2 aromatic rings. The number of aldehydes is 1. The van der Waals surface area contributed by atoms with Crippen LogP contribution in [-0.2, 0) is 6.42 Å². The first-order valence-electron chi connectivity index (χ1n) is 6.10. The molecule has 0 radical (unpaired) electrons. The highest BCUT2D eigenvalue weighted by atomic mass is 16.2. The molecule has 0 fully saturated rings. The molecule has 1 aromatic carbocycles. The van der Waals surface area contributed by atoms with Gasteiger partial charge in [-0.25, -0.2) is 4.98 Å². The van der Waals surface area contributed by atoms with E-state index < -0.39 is 0 Å². The van der Waals surface area contributed by atoms with Gasteiger partial charge >= 0.3 is 0 Å². The topological polar surface area (TPSA) is 50.3 Å². The van der Waals surface area contributed by atoms with Crippen molar-refractivity contribution in [1.82, 2.24) is 4.98 Å². The molecular formula is C15H12N2O2. The Labute approximate surface area is 110 Å². The number of benzene rings is 1. The third kappa shape index (κ3) is 2.01. The maximum atomic E-state index is 12.4. The van der Waals surface area contributed by atoms with Gasteiger partial charge in [0.1, 0.15) is 12.1 Å². The molecule has 0 unspecified atom stereocenters. The minimum Gasteiger partial charge on any atom is -0.298 e. The van der Waals surface area contributed by atoms with Crippen molar-refractivity contribution < 1.29 is 9.59 Å². The van der Waals surface area contributed by atoms with Crippen molar-refractivity contribution in [1.29, 1.82) is 0 Å². The predicted octanol–water partition coefficient (Wildman–Crippen LogP) is 2.10. The number of amides is 1. The van der Waals surface area contributed by atoms with Gasteiger partial charge in [0.05, 0.1) is 0 Å². The first kappa shape index (κ1) is 11.6. The van der Waals surface area contributed by atoms with Gasteiger partial charge in [0.25, 0.3) is 5.91 Å². The lowest BCUT2D eigenvalue weighted by atomic mass is 9.97. The van der Waals surface area contributed by atoms with Gasteiger partial charge in [0.15, 0.2) is 0 Å². The summed E-state index contributed by atoms with van der Waals surface area (Å²) in [5.74, 6) is 0.606. The Morgan fingerprint density at radius 1 is 1.21 bits per heavy atom. The van der Waals surface area contributed by atoms with Crippen molar-refractivity contribution in [3.63, 3.8) is 0 Å². The van der Waals surface area contributed by atoms with Crippen LogP contribution in [0, 0.1) is 0 Å². The van der Waals surface area contributed by atoms with E-state index in [-0.39, 0.29) is 5.91 Å². The van der Waals surface area contributed by atoms with Crippen molar-refractivity contribution in [2.24, 2.45) is 0 Å². The lowest BCUT2D eigenvalue weighted by Gasteiger charge is -2.27. The lowest BCUT2D eigenvalue weighted by Crippen LogP contribution is -2.38. The van der Waals surface area contributed by atoms with Gasteiger partial charge in [-0.05, 0) is 36.2 Å². The minimum absolute atomic E-state index is 0.0580. The Balaban J connectivity index is 1.99. The quantitative estimate of drug-likeness (QED) is 0.769. The van der Waals surface area contributed by atoms with Crippen LogP contribution in [-0.4, -0.2) is 23.7 Å². The second kappa shape index (κ2) is 4.65. The Morgan fingerprint density at radius 2 is 2.11 bits per heavy atom. The molecule has 1 aromatic heterocycles. The van der Waals surface area contributed by atoms with Crippen LogP contribution >= 0.6 is 0 Å². The first-order chi connectivity index (χ1) is 9.29. The smallest absolute Gasteiger partial charge is 0.259 e. The zero-order chi connectivity index (χ0) is 13.2. The third-order valence-electron chi connectivity index (χ3n) is 3.27. The molecule has 1 aliphatic rings. The van der Waals surface area contributed by atoms with Gasteiger partial charge in [0, 0.05) is 23.9 Å². The van der Waals surface area contributed by atoms with Crippen LogP contribution in [0.5, 0.6) is 0 Å². The van der Waals surface area contributed by atoms with Gasteiger partial charge in [0.2, 0.25) is 0 Å². The Morgan fingerprint density at radius 3 is 2.84 bits per heavy atom. The van der Waals surface area contributed by atoms with Crippen LogP contribution in [0.3, 0.4) is 0 Å². The summed E-state index contributed by atoms with van der Waals surface area (Å²) < 4.78 is 0. The van der Waals surface area contributed by atoms with Crippen LogP contribution in [0.4, 0.5) is 5.82 Å². The molecule has 0 spiro atoms.